The predicted molar refractivity (Wildman–Crippen MR) is 86.6 cm³/mol. The summed E-state index contributed by atoms with van der Waals surface area (Å²) in [6.07, 6.45) is 8.22. The summed E-state index contributed by atoms with van der Waals surface area (Å²) in [5, 5.41) is 3.47. The maximum atomic E-state index is 5.14. The molecule has 0 saturated heterocycles. The number of ether oxygens (including phenoxy) is 1. The second-order valence-electron chi connectivity index (χ2n) is 5.97. The van der Waals surface area contributed by atoms with Gasteiger partial charge >= 0.3 is 0 Å². The van der Waals surface area contributed by atoms with E-state index in [2.05, 4.69) is 22.2 Å². The van der Waals surface area contributed by atoms with E-state index >= 15 is 0 Å². The molecular formula is C17H29N3O. The van der Waals surface area contributed by atoms with Crippen molar-refractivity contribution in [2.24, 2.45) is 0 Å². The number of nitrogens with one attached hydrogen (secondary N) is 1. The summed E-state index contributed by atoms with van der Waals surface area (Å²) in [6.45, 7) is 3.03. The van der Waals surface area contributed by atoms with Crippen LogP contribution in [-0.4, -0.2) is 43.2 Å². The van der Waals surface area contributed by atoms with Gasteiger partial charge in [-0.2, -0.15) is 0 Å². The van der Waals surface area contributed by atoms with Crippen molar-refractivity contribution >= 4 is 0 Å². The van der Waals surface area contributed by atoms with E-state index in [1.807, 2.05) is 18.2 Å². The van der Waals surface area contributed by atoms with Crippen molar-refractivity contribution in [2.45, 2.75) is 51.1 Å². The van der Waals surface area contributed by atoms with Crippen molar-refractivity contribution in [3.8, 4) is 5.88 Å². The topological polar surface area (TPSA) is 37.4 Å². The van der Waals surface area contributed by atoms with Crippen molar-refractivity contribution < 1.29 is 4.74 Å². The minimum absolute atomic E-state index is 0.686. The lowest BCUT2D eigenvalue weighted by atomic mass is 9.94. The Hall–Kier alpha value is -1.13. The van der Waals surface area contributed by atoms with Crippen LogP contribution in [0.25, 0.3) is 0 Å². The molecule has 1 heterocycles. The number of rotatable bonds is 8. The first-order chi connectivity index (χ1) is 10.3. The van der Waals surface area contributed by atoms with Crippen LogP contribution >= 0.6 is 0 Å². The minimum Gasteiger partial charge on any atom is -0.481 e. The summed E-state index contributed by atoms with van der Waals surface area (Å²) in [7, 11) is 3.93. The number of pyridine rings is 1. The molecule has 1 N–H and O–H groups in total. The van der Waals surface area contributed by atoms with Crippen LogP contribution in [0.1, 0.15) is 44.2 Å². The van der Waals surface area contributed by atoms with Gasteiger partial charge in [0.1, 0.15) is 0 Å². The predicted octanol–water partition coefficient (Wildman–Crippen LogP) is 2.83. The van der Waals surface area contributed by atoms with Crippen LogP contribution in [0.2, 0.25) is 0 Å². The molecule has 0 amide bonds. The molecule has 0 bridgehead atoms. The van der Waals surface area contributed by atoms with Crippen molar-refractivity contribution in [2.75, 3.05) is 27.2 Å². The van der Waals surface area contributed by atoms with E-state index < -0.39 is 0 Å². The van der Waals surface area contributed by atoms with E-state index in [1.54, 1.807) is 7.11 Å². The Balaban J connectivity index is 1.58. The molecule has 0 aromatic carbocycles. The lowest BCUT2D eigenvalue weighted by Gasteiger charge is -2.31. The van der Waals surface area contributed by atoms with E-state index in [0.29, 0.717) is 5.88 Å². The van der Waals surface area contributed by atoms with Crippen LogP contribution in [0, 0.1) is 0 Å². The molecule has 1 aliphatic carbocycles. The molecule has 1 fully saturated rings. The first-order valence-corrected chi connectivity index (χ1v) is 8.20. The number of hydrogen-bond acceptors (Lipinski definition) is 4. The molecular weight excluding hydrogens is 262 g/mol. The minimum atomic E-state index is 0.686. The molecule has 21 heavy (non-hydrogen) atoms. The van der Waals surface area contributed by atoms with Gasteiger partial charge in [-0.15, -0.1) is 0 Å². The average molecular weight is 291 g/mol. The third-order valence-electron chi connectivity index (χ3n) is 4.36. The van der Waals surface area contributed by atoms with Gasteiger partial charge in [0.25, 0.3) is 0 Å². The van der Waals surface area contributed by atoms with Crippen LogP contribution in [0.4, 0.5) is 0 Å². The summed E-state index contributed by atoms with van der Waals surface area (Å²) in [5.74, 6) is 0.686. The highest BCUT2D eigenvalue weighted by molar-refractivity contribution is 5.15. The molecule has 1 aromatic rings. The van der Waals surface area contributed by atoms with Crippen molar-refractivity contribution in [1.82, 2.24) is 15.2 Å². The first-order valence-electron chi connectivity index (χ1n) is 8.20. The zero-order valence-electron chi connectivity index (χ0n) is 13.5. The van der Waals surface area contributed by atoms with Crippen LogP contribution in [0.3, 0.4) is 0 Å². The fourth-order valence-electron chi connectivity index (χ4n) is 3.04. The number of aromatic nitrogens is 1. The summed E-state index contributed by atoms with van der Waals surface area (Å²) < 4.78 is 5.14. The highest BCUT2D eigenvalue weighted by atomic mass is 16.5. The maximum absolute atomic E-state index is 5.14. The van der Waals surface area contributed by atoms with E-state index in [1.165, 1.54) is 45.1 Å². The SMILES string of the molecule is COc1cccc(CNCCCN(C)C2CCCCC2)n1. The van der Waals surface area contributed by atoms with Gasteiger partial charge in [-0.3, -0.25) is 0 Å². The average Bonchev–Trinajstić information content (AvgIpc) is 2.55. The molecule has 4 heteroatoms. The smallest absolute Gasteiger partial charge is 0.213 e. The zero-order chi connectivity index (χ0) is 14.9. The Bertz CT molecular complexity index is 405. The summed E-state index contributed by atoms with van der Waals surface area (Å²) in [4.78, 5) is 6.95. The van der Waals surface area contributed by atoms with Gasteiger partial charge in [-0.1, -0.05) is 25.3 Å². The van der Waals surface area contributed by atoms with Crippen molar-refractivity contribution in [3.05, 3.63) is 23.9 Å². The Morgan fingerprint density at radius 3 is 2.86 bits per heavy atom. The Morgan fingerprint density at radius 1 is 1.29 bits per heavy atom. The van der Waals surface area contributed by atoms with Crippen LogP contribution < -0.4 is 10.1 Å². The molecule has 1 aliphatic rings. The van der Waals surface area contributed by atoms with E-state index in [-0.39, 0.29) is 0 Å². The molecule has 1 aromatic heterocycles. The third-order valence-corrected chi connectivity index (χ3v) is 4.36. The van der Waals surface area contributed by atoms with E-state index in [0.717, 1.165) is 24.8 Å². The van der Waals surface area contributed by atoms with Gasteiger partial charge in [0.2, 0.25) is 5.88 Å². The molecule has 1 saturated carbocycles. The van der Waals surface area contributed by atoms with E-state index in [4.69, 9.17) is 4.74 Å². The molecule has 0 spiro atoms. The van der Waals surface area contributed by atoms with Crippen LogP contribution in [0.5, 0.6) is 5.88 Å². The first kappa shape index (κ1) is 16.2. The second kappa shape index (κ2) is 9.00. The lowest BCUT2D eigenvalue weighted by molar-refractivity contribution is 0.189. The maximum Gasteiger partial charge on any atom is 0.213 e. The van der Waals surface area contributed by atoms with Gasteiger partial charge in [0.05, 0.1) is 12.8 Å². The normalized spacial score (nSPS) is 16.3. The summed E-state index contributed by atoms with van der Waals surface area (Å²) in [6, 6.07) is 6.71. The molecule has 0 unspecified atom stereocenters. The standard InChI is InChI=1S/C17H29N3O/c1-20(16-9-4-3-5-10-16)13-7-12-18-14-15-8-6-11-17(19-15)21-2/h6,8,11,16,18H,3-5,7,9-10,12-14H2,1-2H3. The molecule has 118 valence electrons. The second-order valence-corrected chi connectivity index (χ2v) is 5.97. The summed E-state index contributed by atoms with van der Waals surface area (Å²) in [5.41, 5.74) is 1.04. The largest absolute Gasteiger partial charge is 0.481 e. The zero-order valence-corrected chi connectivity index (χ0v) is 13.5. The highest BCUT2D eigenvalue weighted by Crippen LogP contribution is 2.21. The van der Waals surface area contributed by atoms with Gasteiger partial charge in [0.15, 0.2) is 0 Å². The summed E-state index contributed by atoms with van der Waals surface area (Å²) >= 11 is 0. The quantitative estimate of drug-likeness (QED) is 0.747. The number of hydrogen-bond donors (Lipinski definition) is 1. The van der Waals surface area contributed by atoms with Crippen LogP contribution in [0.15, 0.2) is 18.2 Å². The molecule has 4 nitrogen and oxygen atoms in total. The number of nitrogens with zero attached hydrogens (tertiary/aromatic N) is 2. The Labute approximate surface area is 128 Å². The fourth-order valence-corrected chi connectivity index (χ4v) is 3.04. The molecule has 0 radical (unpaired) electrons. The Morgan fingerprint density at radius 2 is 2.10 bits per heavy atom. The van der Waals surface area contributed by atoms with Crippen molar-refractivity contribution in [3.63, 3.8) is 0 Å². The molecule has 2 rings (SSSR count). The Kier molecular flexibility index (Phi) is 6.96. The fraction of sp³-hybridized carbons (Fsp3) is 0.706. The molecule has 0 atom stereocenters. The number of methoxy groups -OCH3 is 1. The monoisotopic (exact) mass is 291 g/mol. The van der Waals surface area contributed by atoms with Crippen molar-refractivity contribution in [1.29, 1.82) is 0 Å². The highest BCUT2D eigenvalue weighted by Gasteiger charge is 2.16. The van der Waals surface area contributed by atoms with Gasteiger partial charge in [-0.25, -0.2) is 4.98 Å². The van der Waals surface area contributed by atoms with Gasteiger partial charge in [-0.05, 0) is 45.5 Å². The molecule has 0 aliphatic heterocycles. The van der Waals surface area contributed by atoms with Crippen LogP contribution in [-0.2, 0) is 6.54 Å². The lowest BCUT2D eigenvalue weighted by Crippen LogP contribution is -2.35. The van der Waals surface area contributed by atoms with E-state index in [9.17, 15) is 0 Å². The van der Waals surface area contributed by atoms with Gasteiger partial charge in [0, 0.05) is 18.7 Å². The van der Waals surface area contributed by atoms with Gasteiger partial charge < -0.3 is 15.0 Å². The third kappa shape index (κ3) is 5.64.